The van der Waals surface area contributed by atoms with E-state index in [9.17, 15) is 10.1 Å². The zero-order chi connectivity index (χ0) is 18.4. The van der Waals surface area contributed by atoms with Crippen molar-refractivity contribution in [1.82, 2.24) is 10.1 Å². The zero-order valence-corrected chi connectivity index (χ0v) is 14.0. The lowest BCUT2D eigenvalue weighted by atomic mass is 10.1. The summed E-state index contributed by atoms with van der Waals surface area (Å²) in [5.41, 5.74) is 2.53. The molecule has 0 saturated carbocycles. The van der Waals surface area contributed by atoms with Crippen LogP contribution in [0.25, 0.3) is 17.5 Å². The Morgan fingerprint density at radius 1 is 1.19 bits per heavy atom. The Labute approximate surface area is 150 Å². The van der Waals surface area contributed by atoms with Crippen molar-refractivity contribution in [2.75, 3.05) is 0 Å². The lowest BCUT2D eigenvalue weighted by Crippen LogP contribution is -2.07. The van der Waals surface area contributed by atoms with Gasteiger partial charge in [-0.3, -0.25) is 0 Å². The summed E-state index contributed by atoms with van der Waals surface area (Å²) in [6.07, 6.45) is 1.48. The molecule has 6 heteroatoms. The molecule has 6 nitrogen and oxygen atoms in total. The highest BCUT2D eigenvalue weighted by atomic mass is 16.6. The van der Waals surface area contributed by atoms with Crippen molar-refractivity contribution in [3.8, 4) is 17.5 Å². The molecule has 0 fully saturated rings. The third-order valence-electron chi connectivity index (χ3n) is 3.56. The van der Waals surface area contributed by atoms with E-state index in [0.29, 0.717) is 5.82 Å². The van der Waals surface area contributed by atoms with Crippen LogP contribution in [0.1, 0.15) is 17.0 Å². The van der Waals surface area contributed by atoms with Gasteiger partial charge in [-0.05, 0) is 18.6 Å². The summed E-state index contributed by atoms with van der Waals surface area (Å²) in [5, 5.41) is 13.0. The molecule has 0 aliphatic rings. The molecule has 128 valence electrons. The second-order valence-electron chi connectivity index (χ2n) is 5.53. The fourth-order valence-electron chi connectivity index (χ4n) is 2.19. The maximum absolute atomic E-state index is 12.1. The fraction of sp³-hybridized carbons (Fsp3) is 0.100. The molecule has 2 aromatic carbocycles. The zero-order valence-electron chi connectivity index (χ0n) is 14.0. The van der Waals surface area contributed by atoms with E-state index in [-0.39, 0.29) is 18.1 Å². The average molecular weight is 345 g/mol. The van der Waals surface area contributed by atoms with Crippen LogP contribution in [-0.4, -0.2) is 16.1 Å². The van der Waals surface area contributed by atoms with Crippen molar-refractivity contribution >= 4 is 12.0 Å². The third kappa shape index (κ3) is 4.22. The van der Waals surface area contributed by atoms with Gasteiger partial charge in [0, 0.05) is 5.56 Å². The number of esters is 1. The highest BCUT2D eigenvalue weighted by Gasteiger charge is 2.14. The molecule has 0 amide bonds. The second kappa shape index (κ2) is 7.90. The van der Waals surface area contributed by atoms with E-state index in [1.165, 1.54) is 6.08 Å². The number of ether oxygens (including phenoxy) is 1. The average Bonchev–Trinajstić information content (AvgIpc) is 3.15. The maximum atomic E-state index is 12.1. The number of nitrogens with zero attached hydrogens (tertiary/aromatic N) is 3. The summed E-state index contributed by atoms with van der Waals surface area (Å²) in [4.78, 5) is 16.3. The first-order chi connectivity index (χ1) is 12.7. The number of carbonyl (C=O) groups is 1. The molecule has 3 rings (SSSR count). The molecule has 0 bridgehead atoms. The summed E-state index contributed by atoms with van der Waals surface area (Å²) in [7, 11) is 0. The van der Waals surface area contributed by atoms with Crippen molar-refractivity contribution in [3.05, 3.63) is 77.2 Å². The van der Waals surface area contributed by atoms with E-state index in [1.54, 1.807) is 0 Å². The first kappa shape index (κ1) is 17.1. The van der Waals surface area contributed by atoms with Crippen LogP contribution in [0.15, 0.2) is 64.7 Å². The Morgan fingerprint density at radius 2 is 1.92 bits per heavy atom. The van der Waals surface area contributed by atoms with Gasteiger partial charge in [0.25, 0.3) is 5.89 Å². The molecule has 1 aromatic heterocycles. The molecule has 0 radical (unpaired) electrons. The van der Waals surface area contributed by atoms with Gasteiger partial charge in [-0.2, -0.15) is 10.2 Å². The molecule has 0 saturated heterocycles. The first-order valence-corrected chi connectivity index (χ1v) is 7.89. The van der Waals surface area contributed by atoms with Crippen LogP contribution in [0.5, 0.6) is 0 Å². The van der Waals surface area contributed by atoms with Crippen LogP contribution in [0, 0.1) is 18.3 Å². The van der Waals surface area contributed by atoms with Gasteiger partial charge in [0.1, 0.15) is 11.6 Å². The normalized spacial score (nSPS) is 11.0. The van der Waals surface area contributed by atoms with Crippen LogP contribution in [-0.2, 0) is 16.1 Å². The van der Waals surface area contributed by atoms with Gasteiger partial charge < -0.3 is 9.26 Å². The number of hydrogen-bond donors (Lipinski definition) is 0. The van der Waals surface area contributed by atoms with Crippen LogP contribution >= 0.6 is 0 Å². The van der Waals surface area contributed by atoms with E-state index in [1.807, 2.05) is 67.6 Å². The van der Waals surface area contributed by atoms with Gasteiger partial charge in [0.05, 0.1) is 0 Å². The quantitative estimate of drug-likeness (QED) is 0.398. The van der Waals surface area contributed by atoms with Crippen molar-refractivity contribution in [2.45, 2.75) is 13.5 Å². The lowest BCUT2D eigenvalue weighted by Gasteiger charge is -2.01. The Hall–Kier alpha value is -3.72. The largest absolute Gasteiger partial charge is 0.451 e. The molecule has 0 aliphatic carbocycles. The predicted octanol–water partition coefficient (Wildman–Crippen LogP) is 3.70. The summed E-state index contributed by atoms with van der Waals surface area (Å²) < 4.78 is 10.2. The number of benzene rings is 2. The van der Waals surface area contributed by atoms with E-state index in [0.717, 1.165) is 16.7 Å². The van der Waals surface area contributed by atoms with Gasteiger partial charge in [0.15, 0.2) is 6.61 Å². The van der Waals surface area contributed by atoms with Crippen LogP contribution < -0.4 is 0 Å². The first-order valence-electron chi connectivity index (χ1n) is 7.89. The van der Waals surface area contributed by atoms with Crippen LogP contribution in [0.2, 0.25) is 0 Å². The van der Waals surface area contributed by atoms with Gasteiger partial charge in [-0.25, -0.2) is 4.79 Å². The number of rotatable bonds is 5. The number of aromatic nitrogens is 2. The highest BCUT2D eigenvalue weighted by molar-refractivity contribution is 5.97. The summed E-state index contributed by atoms with van der Waals surface area (Å²) in [6, 6.07) is 18.6. The van der Waals surface area contributed by atoms with Crippen LogP contribution in [0.3, 0.4) is 0 Å². The monoisotopic (exact) mass is 345 g/mol. The minimum Gasteiger partial charge on any atom is -0.451 e. The fourth-order valence-corrected chi connectivity index (χ4v) is 2.19. The van der Waals surface area contributed by atoms with Crippen molar-refractivity contribution in [3.63, 3.8) is 0 Å². The van der Waals surface area contributed by atoms with E-state index >= 15 is 0 Å². The highest BCUT2D eigenvalue weighted by Crippen LogP contribution is 2.15. The maximum Gasteiger partial charge on any atom is 0.349 e. The van der Waals surface area contributed by atoms with Crippen molar-refractivity contribution in [1.29, 1.82) is 5.26 Å². The van der Waals surface area contributed by atoms with Gasteiger partial charge in [-0.15, -0.1) is 0 Å². The summed E-state index contributed by atoms with van der Waals surface area (Å²) in [6.45, 7) is 1.76. The second-order valence-corrected chi connectivity index (χ2v) is 5.53. The van der Waals surface area contributed by atoms with Gasteiger partial charge in [-0.1, -0.05) is 65.3 Å². The number of hydrogen-bond acceptors (Lipinski definition) is 6. The molecule has 1 heterocycles. The molecule has 0 atom stereocenters. The van der Waals surface area contributed by atoms with Gasteiger partial charge in [0.2, 0.25) is 5.82 Å². The summed E-state index contributed by atoms with van der Waals surface area (Å²) >= 11 is 0. The molecule has 0 spiro atoms. The van der Waals surface area contributed by atoms with Crippen molar-refractivity contribution < 1.29 is 14.1 Å². The molecule has 3 aromatic rings. The Bertz CT molecular complexity index is 968. The SMILES string of the molecule is Cc1ccc(/C=C(\C#N)C(=O)OCc2nc(-c3ccccc3)no2)cc1. The smallest absolute Gasteiger partial charge is 0.349 e. The predicted molar refractivity (Wildman–Crippen MR) is 94.3 cm³/mol. The standard InChI is InChI=1S/C20H15N3O3/c1-14-7-9-15(10-8-14)11-17(12-21)20(24)25-13-18-22-19(23-26-18)16-5-3-2-4-6-16/h2-11H,13H2,1H3/b17-11+. The Kier molecular flexibility index (Phi) is 5.20. The molecular weight excluding hydrogens is 330 g/mol. The van der Waals surface area contributed by atoms with E-state index < -0.39 is 5.97 Å². The number of nitriles is 1. The number of carbonyl (C=O) groups excluding carboxylic acids is 1. The summed E-state index contributed by atoms with van der Waals surface area (Å²) in [5.74, 6) is -0.176. The lowest BCUT2D eigenvalue weighted by molar-refractivity contribution is -0.140. The minimum atomic E-state index is -0.743. The topological polar surface area (TPSA) is 89.0 Å². The Morgan fingerprint density at radius 3 is 2.62 bits per heavy atom. The minimum absolute atomic E-state index is 0.100. The van der Waals surface area contributed by atoms with Gasteiger partial charge >= 0.3 is 5.97 Å². The third-order valence-corrected chi connectivity index (χ3v) is 3.56. The van der Waals surface area contributed by atoms with E-state index in [4.69, 9.17) is 9.26 Å². The molecular formula is C20H15N3O3. The molecule has 0 aliphatic heterocycles. The molecule has 0 N–H and O–H groups in total. The van der Waals surface area contributed by atoms with E-state index in [2.05, 4.69) is 10.1 Å². The molecule has 26 heavy (non-hydrogen) atoms. The molecule has 0 unspecified atom stereocenters. The van der Waals surface area contributed by atoms with Crippen LogP contribution in [0.4, 0.5) is 0 Å². The number of aryl methyl sites for hydroxylation is 1. The Balaban J connectivity index is 1.65. The van der Waals surface area contributed by atoms with Crippen molar-refractivity contribution in [2.24, 2.45) is 0 Å².